The lowest BCUT2D eigenvalue weighted by atomic mass is 10.6. The lowest BCUT2D eigenvalue weighted by molar-refractivity contribution is -0.833. The molecule has 0 saturated heterocycles. The van der Waals surface area contributed by atoms with E-state index in [4.69, 9.17) is 0 Å². The van der Waals surface area contributed by atoms with E-state index >= 15 is 0 Å². The van der Waals surface area contributed by atoms with E-state index in [0.29, 0.717) is 6.54 Å². The Balaban J connectivity index is 0. The van der Waals surface area contributed by atoms with Gasteiger partial charge in [0.2, 0.25) is 0 Å². The normalized spacial score (nSPS) is 9.88. The zero-order valence-corrected chi connectivity index (χ0v) is 4.85. The molecule has 2 nitrogen and oxygen atoms in total. The molecule has 0 aromatic carbocycles. The van der Waals surface area contributed by atoms with Crippen LogP contribution in [0, 0.1) is 5.21 Å². The van der Waals surface area contributed by atoms with Gasteiger partial charge >= 0.3 is 0 Å². The molecule has 0 unspecified atom stereocenters. The summed E-state index contributed by atoms with van der Waals surface area (Å²) in [7, 11) is 3.17. The Kier molecular flexibility index (Phi) is 4.82. The van der Waals surface area contributed by atoms with Gasteiger partial charge in [-0.3, -0.25) is 0 Å². The molecule has 2 heteroatoms. The van der Waals surface area contributed by atoms with Crippen molar-refractivity contribution in [3.05, 3.63) is 17.9 Å². The van der Waals surface area contributed by atoms with E-state index in [-0.39, 0.29) is 12.1 Å². The zero-order valence-electron chi connectivity index (χ0n) is 4.85. The first-order valence-corrected chi connectivity index (χ1v) is 2.21. The van der Waals surface area contributed by atoms with E-state index < -0.39 is 0 Å². The number of likely N-dealkylation sites (N-methyl/N-ethyl adjacent to an activating group) is 1. The van der Waals surface area contributed by atoms with Gasteiger partial charge in [0, 0.05) is 0 Å². The Morgan fingerprint density at radius 1 is 1.62 bits per heavy atom. The molecule has 0 aliphatic carbocycles. The summed E-state index contributed by atoms with van der Waals surface area (Å²) in [6.07, 6.45) is 1.62. The van der Waals surface area contributed by atoms with Crippen LogP contribution >= 0.6 is 0 Å². The maximum absolute atomic E-state index is 10.6. The van der Waals surface area contributed by atoms with Crippen LogP contribution in [0.25, 0.3) is 0 Å². The molecular formula is C6H15NO. The van der Waals surface area contributed by atoms with Crippen LogP contribution in [0.15, 0.2) is 12.7 Å². The maximum atomic E-state index is 10.6. The first-order valence-electron chi connectivity index (χ1n) is 2.21. The van der Waals surface area contributed by atoms with Crippen LogP contribution in [0.4, 0.5) is 0 Å². The largest absolute Gasteiger partial charge is 0.633 e. The van der Waals surface area contributed by atoms with Gasteiger partial charge < -0.3 is 9.85 Å². The third-order valence-corrected chi connectivity index (χ3v) is 0.569. The van der Waals surface area contributed by atoms with E-state index in [1.54, 1.807) is 20.2 Å². The van der Waals surface area contributed by atoms with Gasteiger partial charge in [-0.25, -0.2) is 0 Å². The lowest BCUT2D eigenvalue weighted by Gasteiger charge is -2.31. The molecule has 0 bridgehead atoms. The number of hydrogen-bond donors (Lipinski definition) is 0. The highest BCUT2D eigenvalue weighted by Crippen LogP contribution is 1.88. The topological polar surface area (TPSA) is 23.1 Å². The van der Waals surface area contributed by atoms with Gasteiger partial charge in [0.15, 0.2) is 0 Å². The van der Waals surface area contributed by atoms with Crippen LogP contribution in [-0.2, 0) is 0 Å². The number of quaternary nitrogens is 1. The van der Waals surface area contributed by atoms with Gasteiger partial charge in [-0.05, 0) is 6.08 Å². The summed E-state index contributed by atoms with van der Waals surface area (Å²) in [4.78, 5) is 0. The van der Waals surface area contributed by atoms with Crippen LogP contribution in [0.1, 0.15) is 7.43 Å². The fourth-order valence-corrected chi connectivity index (χ4v) is 0.311. The number of rotatable bonds is 2. The fourth-order valence-electron chi connectivity index (χ4n) is 0.311. The molecule has 0 saturated carbocycles. The number of hydroxylamine groups is 3. The quantitative estimate of drug-likeness (QED) is 0.304. The van der Waals surface area contributed by atoms with Crippen LogP contribution in [-0.4, -0.2) is 25.3 Å². The van der Waals surface area contributed by atoms with Crippen LogP contribution in [0.2, 0.25) is 0 Å². The van der Waals surface area contributed by atoms with Crippen molar-refractivity contribution in [2.75, 3.05) is 20.6 Å². The lowest BCUT2D eigenvalue weighted by Crippen LogP contribution is -2.31. The standard InChI is InChI=1S/C5H11NO.CH4/c1-4-5-6(2,3)7;/h4H,1,5H2,2-3H3;1H4. The molecule has 0 heterocycles. The van der Waals surface area contributed by atoms with Crippen LogP contribution in [0.5, 0.6) is 0 Å². The molecule has 0 aromatic rings. The van der Waals surface area contributed by atoms with Crippen molar-refractivity contribution < 1.29 is 4.65 Å². The predicted octanol–water partition coefficient (Wildman–Crippen LogP) is 1.38. The summed E-state index contributed by atoms with van der Waals surface area (Å²) < 4.78 is -0.274. The summed E-state index contributed by atoms with van der Waals surface area (Å²) in [6, 6.07) is 0. The van der Waals surface area contributed by atoms with Crippen molar-refractivity contribution in [3.63, 3.8) is 0 Å². The molecule has 0 aromatic heterocycles. The Morgan fingerprint density at radius 3 is 2.00 bits per heavy atom. The van der Waals surface area contributed by atoms with Crippen molar-refractivity contribution in [1.29, 1.82) is 0 Å². The van der Waals surface area contributed by atoms with E-state index in [9.17, 15) is 5.21 Å². The Labute approximate surface area is 51.6 Å². The Morgan fingerprint density at radius 2 is 2.00 bits per heavy atom. The minimum atomic E-state index is -0.274. The molecule has 0 atom stereocenters. The van der Waals surface area contributed by atoms with E-state index in [2.05, 4.69) is 6.58 Å². The van der Waals surface area contributed by atoms with Crippen molar-refractivity contribution in [3.8, 4) is 0 Å². The summed E-state index contributed by atoms with van der Waals surface area (Å²) in [5, 5.41) is 10.6. The molecule has 8 heavy (non-hydrogen) atoms. The summed E-state index contributed by atoms with van der Waals surface area (Å²) in [5.74, 6) is 0. The minimum absolute atomic E-state index is 0. The van der Waals surface area contributed by atoms with Gasteiger partial charge in [0.05, 0.1) is 20.6 Å². The highest BCUT2D eigenvalue weighted by Gasteiger charge is 1.92. The van der Waals surface area contributed by atoms with E-state index in [0.717, 1.165) is 0 Å². The molecule has 0 aliphatic heterocycles. The number of hydrogen-bond acceptors (Lipinski definition) is 1. The average Bonchev–Trinajstić information content (AvgIpc) is 1.30. The minimum Gasteiger partial charge on any atom is -0.633 e. The highest BCUT2D eigenvalue weighted by atomic mass is 16.5. The molecule has 0 amide bonds. The zero-order chi connectivity index (χ0) is 5.91. The van der Waals surface area contributed by atoms with E-state index in [1.165, 1.54) is 0 Å². The van der Waals surface area contributed by atoms with Crippen molar-refractivity contribution in [1.82, 2.24) is 0 Å². The second-order valence-corrected chi connectivity index (χ2v) is 2.05. The summed E-state index contributed by atoms with van der Waals surface area (Å²) in [5.41, 5.74) is 0. The second kappa shape index (κ2) is 3.64. The van der Waals surface area contributed by atoms with Gasteiger partial charge in [-0.2, -0.15) is 0 Å². The van der Waals surface area contributed by atoms with Crippen molar-refractivity contribution >= 4 is 0 Å². The highest BCUT2D eigenvalue weighted by molar-refractivity contribution is 4.64. The fraction of sp³-hybridized carbons (Fsp3) is 0.667. The molecule has 0 N–H and O–H groups in total. The van der Waals surface area contributed by atoms with Gasteiger partial charge in [0.25, 0.3) is 0 Å². The van der Waals surface area contributed by atoms with Crippen LogP contribution < -0.4 is 0 Å². The summed E-state index contributed by atoms with van der Waals surface area (Å²) >= 11 is 0. The number of nitrogens with zero attached hydrogens (tertiary/aromatic N) is 1. The van der Waals surface area contributed by atoms with E-state index in [1.807, 2.05) is 0 Å². The summed E-state index contributed by atoms with van der Waals surface area (Å²) in [6.45, 7) is 3.92. The van der Waals surface area contributed by atoms with Crippen LogP contribution in [0.3, 0.4) is 0 Å². The second-order valence-electron chi connectivity index (χ2n) is 2.05. The predicted molar refractivity (Wildman–Crippen MR) is 37.3 cm³/mol. The Bertz CT molecular complexity index is 63.4. The van der Waals surface area contributed by atoms with Crippen molar-refractivity contribution in [2.24, 2.45) is 0 Å². The van der Waals surface area contributed by atoms with Gasteiger partial charge in [-0.15, -0.1) is 0 Å². The third-order valence-electron chi connectivity index (χ3n) is 0.569. The molecular weight excluding hydrogens is 102 g/mol. The molecule has 50 valence electrons. The average molecular weight is 117 g/mol. The first-order chi connectivity index (χ1) is 3.06. The monoisotopic (exact) mass is 117 g/mol. The molecule has 0 rings (SSSR count). The SMILES string of the molecule is C.C=CC[N+](C)(C)[O-]. The maximum Gasteiger partial charge on any atom is 0.0964 e. The smallest absolute Gasteiger partial charge is 0.0964 e. The third kappa shape index (κ3) is 9.18. The van der Waals surface area contributed by atoms with Gasteiger partial charge in [0.1, 0.15) is 0 Å². The van der Waals surface area contributed by atoms with Crippen molar-refractivity contribution in [2.45, 2.75) is 7.43 Å². The molecule has 0 fully saturated rings. The molecule has 0 aliphatic rings. The molecule has 0 spiro atoms. The Hall–Kier alpha value is -0.340. The van der Waals surface area contributed by atoms with Gasteiger partial charge in [-0.1, -0.05) is 14.0 Å². The first kappa shape index (κ1) is 10.6. The molecule has 0 radical (unpaired) electrons.